The molecule has 2 aromatic carbocycles. The van der Waals surface area contributed by atoms with Crippen molar-refractivity contribution >= 4 is 22.4 Å². The summed E-state index contributed by atoms with van der Waals surface area (Å²) in [7, 11) is 0. The van der Waals surface area contributed by atoms with Gasteiger partial charge in [0.1, 0.15) is 5.82 Å². The van der Waals surface area contributed by atoms with Crippen LogP contribution < -0.4 is 5.32 Å². The quantitative estimate of drug-likeness (QED) is 0.709. The van der Waals surface area contributed by atoms with Crippen molar-refractivity contribution in [2.75, 3.05) is 11.9 Å². The number of fused-ring (bicyclic) bond motifs is 1. The van der Waals surface area contributed by atoms with Crippen LogP contribution in [-0.2, 0) is 4.74 Å². The maximum atomic E-state index is 13.8. The van der Waals surface area contributed by atoms with Crippen molar-refractivity contribution in [3.63, 3.8) is 0 Å². The third-order valence-corrected chi connectivity index (χ3v) is 3.27. The van der Waals surface area contributed by atoms with Crippen molar-refractivity contribution in [2.45, 2.75) is 13.3 Å². The Hall–Kier alpha value is -2.44. The first-order chi connectivity index (χ1) is 10.7. The van der Waals surface area contributed by atoms with E-state index < -0.39 is 6.41 Å². The molecule has 0 aliphatic rings. The number of aliphatic hydroxyl groups excluding tert-OH is 1. The second kappa shape index (κ2) is 6.13. The Morgan fingerprint density at radius 3 is 2.73 bits per heavy atom. The van der Waals surface area contributed by atoms with Gasteiger partial charge in [-0.1, -0.05) is 24.3 Å². The Kier molecular flexibility index (Phi) is 4.04. The number of aliphatic hydroxyl groups is 1. The molecule has 0 aliphatic heterocycles. The molecule has 0 radical (unpaired) electrons. The average molecular weight is 301 g/mol. The molecule has 0 spiro atoms. The van der Waals surface area contributed by atoms with E-state index in [1.165, 1.54) is 10.7 Å². The molecular formula is C16H16FN3O2. The van der Waals surface area contributed by atoms with E-state index in [1.807, 2.05) is 24.3 Å². The number of rotatable bonds is 5. The van der Waals surface area contributed by atoms with Crippen molar-refractivity contribution in [2.24, 2.45) is 0 Å². The molecule has 5 nitrogen and oxygen atoms in total. The van der Waals surface area contributed by atoms with Gasteiger partial charge in [0.15, 0.2) is 5.82 Å². The summed E-state index contributed by atoms with van der Waals surface area (Å²) in [6.45, 7) is 2.14. The molecule has 0 aliphatic carbocycles. The number of anilines is 2. The Labute approximate surface area is 126 Å². The molecule has 1 unspecified atom stereocenters. The number of ether oxygens (including phenoxy) is 1. The number of benzene rings is 2. The molecule has 3 rings (SSSR count). The van der Waals surface area contributed by atoms with Gasteiger partial charge in [-0.2, -0.15) is 0 Å². The maximum absolute atomic E-state index is 13.8. The Morgan fingerprint density at radius 2 is 1.95 bits per heavy atom. The SMILES string of the molecule is CCOC(O)n1nc(Nc2ccccc2F)c2ccccc21. The second-order valence-electron chi connectivity index (χ2n) is 4.70. The molecule has 1 atom stereocenters. The fourth-order valence-electron chi connectivity index (χ4n) is 2.26. The lowest BCUT2D eigenvalue weighted by Gasteiger charge is -2.11. The van der Waals surface area contributed by atoms with E-state index in [0.717, 1.165) is 5.39 Å². The van der Waals surface area contributed by atoms with E-state index in [9.17, 15) is 9.50 Å². The second-order valence-corrected chi connectivity index (χ2v) is 4.70. The summed E-state index contributed by atoms with van der Waals surface area (Å²) in [6.07, 6.45) is -1.19. The zero-order valence-corrected chi connectivity index (χ0v) is 12.0. The van der Waals surface area contributed by atoms with Crippen LogP contribution in [0.15, 0.2) is 48.5 Å². The van der Waals surface area contributed by atoms with Crippen LogP contribution in [0.3, 0.4) is 0 Å². The first kappa shape index (κ1) is 14.5. The highest BCUT2D eigenvalue weighted by molar-refractivity contribution is 5.91. The van der Waals surface area contributed by atoms with Gasteiger partial charge in [0, 0.05) is 12.0 Å². The van der Waals surface area contributed by atoms with Crippen LogP contribution in [0.2, 0.25) is 0 Å². The molecule has 6 heteroatoms. The van der Waals surface area contributed by atoms with Crippen LogP contribution in [0, 0.1) is 5.82 Å². The van der Waals surface area contributed by atoms with Gasteiger partial charge >= 0.3 is 0 Å². The smallest absolute Gasteiger partial charge is 0.257 e. The van der Waals surface area contributed by atoms with Gasteiger partial charge in [0.25, 0.3) is 6.41 Å². The predicted octanol–water partition coefficient (Wildman–Crippen LogP) is 3.40. The highest BCUT2D eigenvalue weighted by Crippen LogP contribution is 2.28. The Balaban J connectivity index is 2.05. The number of aromatic nitrogens is 2. The first-order valence-electron chi connectivity index (χ1n) is 6.99. The summed E-state index contributed by atoms with van der Waals surface area (Å²) in [5.74, 6) is 0.0888. The lowest BCUT2D eigenvalue weighted by atomic mass is 10.2. The molecule has 2 N–H and O–H groups in total. The summed E-state index contributed by atoms with van der Waals surface area (Å²) in [6, 6.07) is 13.7. The van der Waals surface area contributed by atoms with Crippen molar-refractivity contribution in [1.29, 1.82) is 0 Å². The fourth-order valence-corrected chi connectivity index (χ4v) is 2.26. The van der Waals surface area contributed by atoms with Crippen molar-refractivity contribution < 1.29 is 14.2 Å². The summed E-state index contributed by atoms with van der Waals surface area (Å²) < 4.78 is 20.3. The van der Waals surface area contributed by atoms with Crippen LogP contribution >= 0.6 is 0 Å². The van der Waals surface area contributed by atoms with Crippen LogP contribution in [0.25, 0.3) is 10.9 Å². The molecule has 3 aromatic rings. The van der Waals surface area contributed by atoms with E-state index in [-0.39, 0.29) is 5.82 Å². The van der Waals surface area contributed by atoms with Crippen LogP contribution in [0.4, 0.5) is 15.9 Å². The third kappa shape index (κ3) is 2.66. The number of hydrogen-bond acceptors (Lipinski definition) is 4. The molecule has 0 bridgehead atoms. The van der Waals surface area contributed by atoms with Gasteiger partial charge in [-0.25, -0.2) is 9.07 Å². The number of hydrogen-bond donors (Lipinski definition) is 2. The highest BCUT2D eigenvalue weighted by Gasteiger charge is 2.16. The van der Waals surface area contributed by atoms with E-state index in [2.05, 4.69) is 10.4 Å². The first-order valence-corrected chi connectivity index (χ1v) is 6.99. The van der Waals surface area contributed by atoms with Gasteiger partial charge in [0.2, 0.25) is 0 Å². The monoisotopic (exact) mass is 301 g/mol. The number of nitrogens with one attached hydrogen (secondary N) is 1. The van der Waals surface area contributed by atoms with Crippen LogP contribution in [-0.4, -0.2) is 21.5 Å². The van der Waals surface area contributed by atoms with E-state index in [1.54, 1.807) is 25.1 Å². The standard InChI is InChI=1S/C16H16FN3O2/c1-2-22-16(21)20-14-10-6-3-7-11(14)15(19-20)18-13-9-5-4-8-12(13)17/h3-10,16,21H,2H2,1H3,(H,18,19). The lowest BCUT2D eigenvalue weighted by molar-refractivity contribution is -0.153. The number of halogens is 1. The van der Waals surface area contributed by atoms with Crippen molar-refractivity contribution in [3.05, 3.63) is 54.3 Å². The van der Waals surface area contributed by atoms with Crippen LogP contribution in [0.5, 0.6) is 0 Å². The summed E-state index contributed by atoms with van der Waals surface area (Å²) in [5.41, 5.74) is 1.02. The number of nitrogens with zero attached hydrogens (tertiary/aromatic N) is 2. The van der Waals surface area contributed by atoms with E-state index in [0.29, 0.717) is 23.6 Å². The fraction of sp³-hybridized carbons (Fsp3) is 0.188. The van der Waals surface area contributed by atoms with E-state index >= 15 is 0 Å². The average Bonchev–Trinajstić information content (AvgIpc) is 2.89. The molecule has 22 heavy (non-hydrogen) atoms. The lowest BCUT2D eigenvalue weighted by Crippen LogP contribution is -2.13. The Morgan fingerprint density at radius 1 is 1.23 bits per heavy atom. The minimum absolute atomic E-state index is 0.323. The predicted molar refractivity (Wildman–Crippen MR) is 82.3 cm³/mol. The molecule has 0 saturated carbocycles. The van der Waals surface area contributed by atoms with Gasteiger partial charge in [-0.15, -0.1) is 5.10 Å². The van der Waals surface area contributed by atoms with Crippen molar-refractivity contribution in [1.82, 2.24) is 9.78 Å². The molecule has 1 heterocycles. The molecule has 0 amide bonds. The van der Waals surface area contributed by atoms with Gasteiger partial charge < -0.3 is 15.2 Å². The van der Waals surface area contributed by atoms with Crippen LogP contribution in [0.1, 0.15) is 13.3 Å². The van der Waals surface area contributed by atoms with E-state index in [4.69, 9.17) is 4.74 Å². The largest absolute Gasteiger partial charge is 0.350 e. The normalized spacial score (nSPS) is 12.5. The summed E-state index contributed by atoms with van der Waals surface area (Å²) >= 11 is 0. The van der Waals surface area contributed by atoms with Gasteiger partial charge in [-0.05, 0) is 31.2 Å². The third-order valence-electron chi connectivity index (χ3n) is 3.27. The molecular weight excluding hydrogens is 285 g/mol. The molecule has 0 fully saturated rings. The number of para-hydroxylation sites is 2. The zero-order valence-electron chi connectivity index (χ0n) is 12.0. The minimum atomic E-state index is -1.19. The Bertz CT molecular complexity index is 788. The highest BCUT2D eigenvalue weighted by atomic mass is 19.1. The maximum Gasteiger partial charge on any atom is 0.257 e. The summed E-state index contributed by atoms with van der Waals surface area (Å²) in [5, 5.41) is 18.1. The topological polar surface area (TPSA) is 59.3 Å². The van der Waals surface area contributed by atoms with Gasteiger partial charge in [-0.3, -0.25) is 0 Å². The van der Waals surface area contributed by atoms with Gasteiger partial charge in [0.05, 0.1) is 11.2 Å². The summed E-state index contributed by atoms with van der Waals surface area (Å²) in [4.78, 5) is 0. The van der Waals surface area contributed by atoms with Crippen molar-refractivity contribution in [3.8, 4) is 0 Å². The molecule has 114 valence electrons. The minimum Gasteiger partial charge on any atom is -0.350 e. The molecule has 0 saturated heterocycles. The zero-order chi connectivity index (χ0) is 15.5. The molecule has 1 aromatic heterocycles.